The molecule has 2 aromatic rings. The van der Waals surface area contributed by atoms with Crippen LogP contribution in [0.25, 0.3) is 10.1 Å². The van der Waals surface area contributed by atoms with Crippen LogP contribution in [0.3, 0.4) is 0 Å². The zero-order chi connectivity index (χ0) is 8.72. The predicted molar refractivity (Wildman–Crippen MR) is 60.6 cm³/mol. The highest BCUT2D eigenvalue weighted by atomic mass is 127. The van der Waals surface area contributed by atoms with E-state index in [0.717, 1.165) is 13.7 Å². The number of nitrogen functional groups attached to an aromatic ring is 1. The highest BCUT2D eigenvalue weighted by Gasteiger charge is 2.08. The Morgan fingerprint density at radius 3 is 2.83 bits per heavy atom. The second-order valence-electron chi connectivity index (χ2n) is 2.46. The van der Waals surface area contributed by atoms with Crippen molar-refractivity contribution < 1.29 is 5.11 Å². The first kappa shape index (κ1) is 8.12. The molecule has 0 radical (unpaired) electrons. The van der Waals surface area contributed by atoms with Crippen molar-refractivity contribution in [3.05, 3.63) is 21.1 Å². The summed E-state index contributed by atoms with van der Waals surface area (Å²) in [6, 6.07) is 3.56. The Kier molecular flexibility index (Phi) is 1.88. The van der Waals surface area contributed by atoms with Crippen LogP contribution in [0.4, 0.5) is 5.69 Å². The summed E-state index contributed by atoms with van der Waals surface area (Å²) in [6.45, 7) is 0. The molecular formula is C8H6INOS. The maximum Gasteiger partial charge on any atom is 0.126 e. The number of anilines is 1. The van der Waals surface area contributed by atoms with E-state index in [2.05, 4.69) is 22.6 Å². The SMILES string of the molecule is Nc1csc2c(I)ccc(O)c12. The minimum absolute atomic E-state index is 0.268. The normalized spacial score (nSPS) is 10.8. The molecule has 1 heterocycles. The Morgan fingerprint density at radius 2 is 2.17 bits per heavy atom. The van der Waals surface area contributed by atoms with Crippen molar-refractivity contribution in [1.82, 2.24) is 0 Å². The van der Waals surface area contributed by atoms with Crippen LogP contribution in [0.1, 0.15) is 0 Å². The Balaban J connectivity index is 2.98. The molecule has 0 unspecified atom stereocenters. The fourth-order valence-electron chi connectivity index (χ4n) is 1.12. The van der Waals surface area contributed by atoms with Crippen LogP contribution < -0.4 is 5.73 Å². The summed E-state index contributed by atoms with van der Waals surface area (Å²) in [4.78, 5) is 0. The topological polar surface area (TPSA) is 46.2 Å². The minimum Gasteiger partial charge on any atom is -0.507 e. The third-order valence-corrected chi connectivity index (χ3v) is 3.98. The number of phenols is 1. The van der Waals surface area contributed by atoms with Gasteiger partial charge in [0, 0.05) is 8.95 Å². The molecule has 0 fully saturated rings. The molecule has 0 spiro atoms. The van der Waals surface area contributed by atoms with Crippen molar-refractivity contribution in [3.63, 3.8) is 0 Å². The van der Waals surface area contributed by atoms with E-state index in [0.29, 0.717) is 5.69 Å². The summed E-state index contributed by atoms with van der Waals surface area (Å²) < 4.78 is 2.19. The van der Waals surface area contributed by atoms with Gasteiger partial charge in [-0.1, -0.05) is 0 Å². The molecule has 0 aliphatic rings. The average molecular weight is 291 g/mol. The maximum absolute atomic E-state index is 9.49. The third kappa shape index (κ3) is 1.06. The van der Waals surface area contributed by atoms with Gasteiger partial charge in [-0.05, 0) is 34.7 Å². The van der Waals surface area contributed by atoms with E-state index < -0.39 is 0 Å². The summed E-state index contributed by atoms with van der Waals surface area (Å²) in [5.41, 5.74) is 6.35. The lowest BCUT2D eigenvalue weighted by atomic mass is 10.2. The molecule has 2 rings (SSSR count). The molecule has 0 aliphatic carbocycles. The fraction of sp³-hybridized carbons (Fsp3) is 0. The van der Waals surface area contributed by atoms with Gasteiger partial charge in [0.25, 0.3) is 0 Å². The first-order valence-corrected chi connectivity index (χ1v) is 5.30. The van der Waals surface area contributed by atoms with E-state index in [1.54, 1.807) is 17.4 Å². The molecule has 0 saturated carbocycles. The summed E-state index contributed by atoms with van der Waals surface area (Å²) in [7, 11) is 0. The van der Waals surface area contributed by atoms with Crippen LogP contribution in [-0.2, 0) is 0 Å². The van der Waals surface area contributed by atoms with Gasteiger partial charge in [-0.25, -0.2) is 0 Å². The molecule has 0 amide bonds. The van der Waals surface area contributed by atoms with Crippen LogP contribution in [-0.4, -0.2) is 5.11 Å². The van der Waals surface area contributed by atoms with Gasteiger partial charge in [-0.3, -0.25) is 0 Å². The highest BCUT2D eigenvalue weighted by molar-refractivity contribution is 14.1. The summed E-state index contributed by atoms with van der Waals surface area (Å²) in [5, 5.41) is 12.1. The maximum atomic E-state index is 9.49. The van der Waals surface area contributed by atoms with Crippen LogP contribution in [0, 0.1) is 3.57 Å². The zero-order valence-electron chi connectivity index (χ0n) is 6.04. The molecule has 12 heavy (non-hydrogen) atoms. The Hall–Kier alpha value is -0.490. The number of halogens is 1. The van der Waals surface area contributed by atoms with Crippen molar-refractivity contribution in [2.45, 2.75) is 0 Å². The van der Waals surface area contributed by atoms with Gasteiger partial charge >= 0.3 is 0 Å². The molecule has 3 N–H and O–H groups in total. The molecule has 0 saturated heterocycles. The lowest BCUT2D eigenvalue weighted by Gasteiger charge is -1.97. The van der Waals surface area contributed by atoms with Crippen LogP contribution in [0.15, 0.2) is 17.5 Å². The van der Waals surface area contributed by atoms with E-state index in [9.17, 15) is 5.11 Å². The molecule has 1 aromatic carbocycles. The largest absolute Gasteiger partial charge is 0.507 e. The number of benzene rings is 1. The monoisotopic (exact) mass is 291 g/mol. The summed E-state index contributed by atoms with van der Waals surface area (Å²) in [5.74, 6) is 0.268. The number of aromatic hydroxyl groups is 1. The lowest BCUT2D eigenvalue weighted by molar-refractivity contribution is 0.482. The number of nitrogens with two attached hydrogens (primary N) is 1. The van der Waals surface area contributed by atoms with Crippen molar-refractivity contribution in [3.8, 4) is 5.75 Å². The summed E-state index contributed by atoms with van der Waals surface area (Å²) >= 11 is 3.79. The van der Waals surface area contributed by atoms with Gasteiger partial charge in [-0.15, -0.1) is 11.3 Å². The van der Waals surface area contributed by atoms with Crippen molar-refractivity contribution in [2.24, 2.45) is 0 Å². The Labute approximate surface area is 87.1 Å². The number of fused-ring (bicyclic) bond motifs is 1. The van der Waals surface area contributed by atoms with Gasteiger partial charge < -0.3 is 10.8 Å². The Bertz CT molecular complexity index is 438. The second kappa shape index (κ2) is 2.77. The van der Waals surface area contributed by atoms with Crippen molar-refractivity contribution in [2.75, 3.05) is 5.73 Å². The van der Waals surface area contributed by atoms with Crippen molar-refractivity contribution in [1.29, 1.82) is 0 Å². The smallest absolute Gasteiger partial charge is 0.126 e. The van der Waals surface area contributed by atoms with E-state index in [1.165, 1.54) is 0 Å². The lowest BCUT2D eigenvalue weighted by Crippen LogP contribution is -1.81. The average Bonchev–Trinajstić information content (AvgIpc) is 2.42. The number of hydrogen-bond acceptors (Lipinski definition) is 3. The minimum atomic E-state index is 0.268. The first-order chi connectivity index (χ1) is 5.70. The van der Waals surface area contributed by atoms with Gasteiger partial charge in [0.15, 0.2) is 0 Å². The number of phenolic OH excluding ortho intramolecular Hbond substituents is 1. The number of hydrogen-bond donors (Lipinski definition) is 2. The molecule has 0 atom stereocenters. The zero-order valence-corrected chi connectivity index (χ0v) is 9.02. The van der Waals surface area contributed by atoms with Crippen LogP contribution in [0.2, 0.25) is 0 Å². The fourth-order valence-corrected chi connectivity index (χ4v) is 2.84. The van der Waals surface area contributed by atoms with E-state index in [1.807, 2.05) is 11.4 Å². The predicted octanol–water partition coefficient (Wildman–Crippen LogP) is 2.79. The number of rotatable bonds is 0. The Morgan fingerprint density at radius 1 is 1.42 bits per heavy atom. The van der Waals surface area contributed by atoms with Crippen LogP contribution >= 0.6 is 33.9 Å². The van der Waals surface area contributed by atoms with E-state index in [4.69, 9.17) is 5.73 Å². The van der Waals surface area contributed by atoms with Gasteiger partial charge in [0.2, 0.25) is 0 Å². The number of thiophene rings is 1. The second-order valence-corrected chi connectivity index (χ2v) is 4.50. The van der Waals surface area contributed by atoms with Crippen LogP contribution in [0.5, 0.6) is 5.75 Å². The molecule has 2 nitrogen and oxygen atoms in total. The van der Waals surface area contributed by atoms with E-state index in [-0.39, 0.29) is 5.75 Å². The van der Waals surface area contributed by atoms with Gasteiger partial charge in [-0.2, -0.15) is 0 Å². The first-order valence-electron chi connectivity index (χ1n) is 3.34. The molecule has 0 bridgehead atoms. The van der Waals surface area contributed by atoms with Gasteiger partial charge in [0.05, 0.1) is 15.8 Å². The standard InChI is InChI=1S/C8H6INOS/c9-4-1-2-6(11)7-5(10)3-12-8(4)7/h1-3,11H,10H2. The van der Waals surface area contributed by atoms with Crippen molar-refractivity contribution >= 4 is 49.7 Å². The molecule has 62 valence electrons. The molecule has 4 heteroatoms. The summed E-state index contributed by atoms with van der Waals surface area (Å²) in [6.07, 6.45) is 0. The molecule has 1 aromatic heterocycles. The van der Waals surface area contributed by atoms with Gasteiger partial charge in [0.1, 0.15) is 5.75 Å². The highest BCUT2D eigenvalue weighted by Crippen LogP contribution is 2.37. The molecular weight excluding hydrogens is 285 g/mol. The van der Waals surface area contributed by atoms with E-state index >= 15 is 0 Å². The molecule has 0 aliphatic heterocycles. The quantitative estimate of drug-likeness (QED) is 0.733. The third-order valence-electron chi connectivity index (χ3n) is 1.68.